The molecule has 1 aromatic carbocycles. The third-order valence-electron chi connectivity index (χ3n) is 2.87. The molecule has 1 aromatic heterocycles. The molecule has 0 aliphatic carbocycles. The van der Waals surface area contributed by atoms with Crippen LogP contribution in [-0.2, 0) is 16.6 Å². The molecule has 1 unspecified atom stereocenters. The van der Waals surface area contributed by atoms with Gasteiger partial charge in [0.25, 0.3) is 0 Å². The zero-order chi connectivity index (χ0) is 17.3. The minimum absolute atomic E-state index is 0. The number of hydrogen-bond acceptors (Lipinski definition) is 5. The van der Waals surface area contributed by atoms with Gasteiger partial charge in [-0.15, -0.1) is 33.8 Å². The molecule has 2 N–H and O–H groups in total. The van der Waals surface area contributed by atoms with Crippen molar-refractivity contribution in [3.05, 3.63) is 36.2 Å². The number of halogens is 6. The summed E-state index contributed by atoms with van der Waals surface area (Å²) >= 11 is 0. The van der Waals surface area contributed by atoms with Gasteiger partial charge in [-0.05, 0) is 18.2 Å². The topological polar surface area (TPSA) is 90.9 Å². The van der Waals surface area contributed by atoms with E-state index in [1.54, 1.807) is 0 Å². The highest BCUT2D eigenvalue weighted by molar-refractivity contribution is 7.86. The highest BCUT2D eigenvalue weighted by Gasteiger charge is 2.30. The second-order valence-electron chi connectivity index (χ2n) is 4.87. The fourth-order valence-electron chi connectivity index (χ4n) is 1.93. The molecule has 0 amide bonds. The van der Waals surface area contributed by atoms with Crippen LogP contribution in [0.1, 0.15) is 12.1 Å². The van der Waals surface area contributed by atoms with Gasteiger partial charge >= 0.3 is 16.4 Å². The molecule has 0 radical (unpaired) electrons. The Labute approximate surface area is 153 Å². The summed E-state index contributed by atoms with van der Waals surface area (Å²) in [7, 11) is -4.87. The van der Waals surface area contributed by atoms with E-state index in [9.17, 15) is 25.5 Å². The third kappa shape index (κ3) is 7.14. The highest BCUT2D eigenvalue weighted by Crippen LogP contribution is 2.22. The first-order valence-electron chi connectivity index (χ1n) is 6.33. The monoisotopic (exact) mass is 424 g/mol. The van der Waals surface area contributed by atoms with Crippen LogP contribution in [0.15, 0.2) is 35.4 Å². The Balaban J connectivity index is 0.00000288. The normalized spacial score (nSPS) is 12.8. The van der Waals surface area contributed by atoms with Gasteiger partial charge in [0.15, 0.2) is 0 Å². The van der Waals surface area contributed by atoms with Crippen LogP contribution in [0.3, 0.4) is 0 Å². The molecule has 25 heavy (non-hydrogen) atoms. The summed E-state index contributed by atoms with van der Waals surface area (Å²) in [6.45, 7) is 0. The maximum absolute atomic E-state index is 13.0. The summed E-state index contributed by atoms with van der Waals surface area (Å²) in [6, 6.07) is 3.68. The van der Waals surface area contributed by atoms with E-state index in [2.05, 4.69) is 10.3 Å². The molecule has 142 valence electrons. The van der Waals surface area contributed by atoms with E-state index in [4.69, 9.17) is 5.73 Å². The molecule has 0 aliphatic rings. The van der Waals surface area contributed by atoms with Crippen LogP contribution in [0.25, 0.3) is 5.69 Å². The minimum Gasteiger partial charge on any atom is -0.327 e. The van der Waals surface area contributed by atoms with E-state index in [0.29, 0.717) is 0 Å². The second kappa shape index (κ2) is 8.79. The minimum atomic E-state index is -4.87. The molecular formula is C12H14Cl2F4N4O2S. The van der Waals surface area contributed by atoms with Gasteiger partial charge in [0.2, 0.25) is 0 Å². The Bertz CT molecular complexity index is 798. The SMILES string of the molecule is Cl.Cl.NC(Cc1cn(-c2cccc(S(=O)(=O)F)c2)nn1)CC(F)(F)F. The summed E-state index contributed by atoms with van der Waals surface area (Å²) in [5.74, 6) is 0. The number of nitrogens with two attached hydrogens (primary N) is 1. The van der Waals surface area contributed by atoms with E-state index < -0.39 is 33.8 Å². The van der Waals surface area contributed by atoms with Gasteiger partial charge in [-0.3, -0.25) is 0 Å². The summed E-state index contributed by atoms with van der Waals surface area (Å²) in [4.78, 5) is -0.555. The Hall–Kier alpha value is -1.43. The molecule has 0 saturated carbocycles. The van der Waals surface area contributed by atoms with Crippen molar-refractivity contribution in [1.29, 1.82) is 0 Å². The summed E-state index contributed by atoms with van der Waals surface area (Å²) in [5, 5.41) is 7.35. The van der Waals surface area contributed by atoms with Crippen molar-refractivity contribution in [2.45, 2.75) is 30.0 Å². The largest absolute Gasteiger partial charge is 0.390 e. The molecule has 0 fully saturated rings. The Morgan fingerprint density at radius 3 is 2.44 bits per heavy atom. The molecule has 1 atom stereocenters. The Morgan fingerprint density at radius 2 is 1.88 bits per heavy atom. The predicted molar refractivity (Wildman–Crippen MR) is 86.5 cm³/mol. The van der Waals surface area contributed by atoms with Crippen molar-refractivity contribution in [3.8, 4) is 5.69 Å². The second-order valence-corrected chi connectivity index (χ2v) is 6.22. The maximum atomic E-state index is 13.0. The third-order valence-corrected chi connectivity index (χ3v) is 3.69. The average molecular weight is 425 g/mol. The van der Waals surface area contributed by atoms with Gasteiger partial charge in [0, 0.05) is 12.5 Å². The van der Waals surface area contributed by atoms with Crippen molar-refractivity contribution >= 4 is 35.0 Å². The van der Waals surface area contributed by atoms with E-state index in [1.165, 1.54) is 18.3 Å². The van der Waals surface area contributed by atoms with E-state index in [0.717, 1.165) is 16.8 Å². The summed E-state index contributed by atoms with van der Waals surface area (Å²) < 4.78 is 72.5. The Morgan fingerprint density at radius 1 is 1.24 bits per heavy atom. The zero-order valence-electron chi connectivity index (χ0n) is 12.4. The molecule has 2 aromatic rings. The van der Waals surface area contributed by atoms with E-state index in [1.807, 2.05) is 0 Å². The van der Waals surface area contributed by atoms with Crippen molar-refractivity contribution in [2.75, 3.05) is 0 Å². The lowest BCUT2D eigenvalue weighted by Crippen LogP contribution is -2.29. The number of nitrogens with zero attached hydrogens (tertiary/aromatic N) is 3. The highest BCUT2D eigenvalue weighted by atomic mass is 35.5. The Kier molecular flexibility index (Phi) is 8.28. The fraction of sp³-hybridized carbons (Fsp3) is 0.333. The van der Waals surface area contributed by atoms with Crippen LogP contribution in [0.5, 0.6) is 0 Å². The lowest BCUT2D eigenvalue weighted by molar-refractivity contribution is -0.138. The molecule has 0 spiro atoms. The van der Waals surface area contributed by atoms with Gasteiger partial charge in [-0.1, -0.05) is 11.3 Å². The van der Waals surface area contributed by atoms with Crippen LogP contribution in [0, 0.1) is 0 Å². The fourth-order valence-corrected chi connectivity index (χ4v) is 2.44. The van der Waals surface area contributed by atoms with Crippen molar-refractivity contribution < 1.29 is 25.5 Å². The molecular weight excluding hydrogens is 411 g/mol. The molecule has 2 rings (SSSR count). The lowest BCUT2D eigenvalue weighted by Gasteiger charge is -2.12. The smallest absolute Gasteiger partial charge is 0.327 e. The first kappa shape index (κ1) is 23.6. The first-order chi connectivity index (χ1) is 10.5. The number of aromatic nitrogens is 3. The van der Waals surface area contributed by atoms with Crippen LogP contribution >= 0.6 is 24.8 Å². The molecule has 1 heterocycles. The molecule has 0 aliphatic heterocycles. The summed E-state index contributed by atoms with van der Waals surface area (Å²) in [5.41, 5.74) is 5.80. The van der Waals surface area contributed by atoms with Crippen molar-refractivity contribution in [2.24, 2.45) is 5.73 Å². The van der Waals surface area contributed by atoms with Gasteiger partial charge in [-0.25, -0.2) is 4.68 Å². The lowest BCUT2D eigenvalue weighted by atomic mass is 10.1. The molecule has 13 heteroatoms. The zero-order valence-corrected chi connectivity index (χ0v) is 14.8. The van der Waals surface area contributed by atoms with Crippen LogP contribution < -0.4 is 5.73 Å². The van der Waals surface area contributed by atoms with Gasteiger partial charge in [0.1, 0.15) is 4.90 Å². The summed E-state index contributed by atoms with van der Waals surface area (Å²) in [6.07, 6.45) is -4.38. The predicted octanol–water partition coefficient (Wildman–Crippen LogP) is 2.59. The molecule has 0 bridgehead atoms. The van der Waals surface area contributed by atoms with Gasteiger partial charge < -0.3 is 5.73 Å². The van der Waals surface area contributed by atoms with Crippen molar-refractivity contribution in [1.82, 2.24) is 15.0 Å². The quantitative estimate of drug-likeness (QED) is 0.588. The van der Waals surface area contributed by atoms with Crippen LogP contribution in [0.4, 0.5) is 17.1 Å². The number of hydrogen-bond donors (Lipinski definition) is 1. The maximum Gasteiger partial charge on any atom is 0.390 e. The first-order valence-corrected chi connectivity index (χ1v) is 7.71. The van der Waals surface area contributed by atoms with E-state index >= 15 is 0 Å². The van der Waals surface area contributed by atoms with E-state index in [-0.39, 0.29) is 42.6 Å². The standard InChI is InChI=1S/C12H12F4N4O2S.2ClH/c13-12(14,15)6-8(17)4-9-7-20(19-18-9)10-2-1-3-11(5-10)23(16,21)22;;/h1-3,5,7-8H,4,6,17H2;2*1H. The number of rotatable bonds is 5. The van der Waals surface area contributed by atoms with Crippen molar-refractivity contribution in [3.63, 3.8) is 0 Å². The average Bonchev–Trinajstić information content (AvgIpc) is 2.84. The molecule has 6 nitrogen and oxygen atoms in total. The van der Waals surface area contributed by atoms with Crippen LogP contribution in [-0.4, -0.2) is 35.6 Å². The van der Waals surface area contributed by atoms with Gasteiger partial charge in [-0.2, -0.15) is 21.6 Å². The number of alkyl halides is 3. The van der Waals surface area contributed by atoms with Gasteiger partial charge in [0.05, 0.1) is 24.0 Å². The van der Waals surface area contributed by atoms with Crippen LogP contribution in [0.2, 0.25) is 0 Å². The number of benzene rings is 1. The molecule has 0 saturated heterocycles.